The molecule has 1 fully saturated rings. The molecule has 0 atom stereocenters. The van der Waals surface area contributed by atoms with Crippen molar-refractivity contribution < 1.29 is 4.79 Å². The molecule has 0 aromatic carbocycles. The fourth-order valence-corrected chi connectivity index (χ4v) is 1.10. The molecule has 2 amide bonds. The maximum Gasteiger partial charge on any atom is 0.324 e. The summed E-state index contributed by atoms with van der Waals surface area (Å²) in [5, 5.41) is 13.7. The van der Waals surface area contributed by atoms with Gasteiger partial charge < -0.3 is 5.32 Å². The van der Waals surface area contributed by atoms with E-state index >= 15 is 0 Å². The van der Waals surface area contributed by atoms with E-state index in [0.29, 0.717) is 12.0 Å². The van der Waals surface area contributed by atoms with E-state index in [4.69, 9.17) is 0 Å². The molecule has 0 spiro atoms. The van der Waals surface area contributed by atoms with Crippen LogP contribution in [0.15, 0.2) is 0 Å². The summed E-state index contributed by atoms with van der Waals surface area (Å²) in [5.74, 6) is 0.433. The molecule has 7 nitrogen and oxygen atoms in total. The van der Waals surface area contributed by atoms with Gasteiger partial charge in [0.1, 0.15) is 0 Å². The minimum Gasteiger partial charge on any atom is -0.335 e. The van der Waals surface area contributed by atoms with Gasteiger partial charge in [0.2, 0.25) is 0 Å². The number of hydrogen-bond donors (Lipinski definition) is 1. The van der Waals surface area contributed by atoms with E-state index in [1.165, 1.54) is 9.58 Å². The van der Waals surface area contributed by atoms with Crippen LogP contribution in [-0.2, 0) is 7.05 Å². The summed E-state index contributed by atoms with van der Waals surface area (Å²) in [7, 11) is 3.33. The predicted molar refractivity (Wildman–Crippen MR) is 48.8 cm³/mol. The summed E-state index contributed by atoms with van der Waals surface area (Å²) in [5.41, 5.74) is 0. The second kappa shape index (κ2) is 3.24. The highest BCUT2D eigenvalue weighted by molar-refractivity contribution is 5.89. The summed E-state index contributed by atoms with van der Waals surface area (Å²) < 4.78 is 1.45. The number of rotatable bonds is 2. The van der Waals surface area contributed by atoms with Crippen LogP contribution < -0.4 is 10.2 Å². The minimum absolute atomic E-state index is 0.162. The Hall–Kier alpha value is -1.66. The Balaban J connectivity index is 2.03. The number of tetrazole rings is 1. The third-order valence-corrected chi connectivity index (χ3v) is 2.11. The molecule has 7 heteroatoms. The monoisotopic (exact) mass is 196 g/mol. The van der Waals surface area contributed by atoms with Gasteiger partial charge in [-0.15, -0.1) is 0 Å². The molecule has 0 unspecified atom stereocenters. The van der Waals surface area contributed by atoms with Crippen molar-refractivity contribution in [2.24, 2.45) is 7.05 Å². The molecule has 76 valence electrons. The summed E-state index contributed by atoms with van der Waals surface area (Å²) >= 11 is 0. The molecular formula is C7H12N6O. The van der Waals surface area contributed by atoms with Gasteiger partial charge in [-0.1, -0.05) is 5.10 Å². The molecule has 0 radical (unpaired) electrons. The van der Waals surface area contributed by atoms with Crippen LogP contribution in [0.25, 0.3) is 0 Å². The maximum atomic E-state index is 11.6. The zero-order chi connectivity index (χ0) is 10.1. The molecule has 1 heterocycles. The average molecular weight is 196 g/mol. The van der Waals surface area contributed by atoms with Crippen molar-refractivity contribution in [2.75, 3.05) is 11.9 Å². The van der Waals surface area contributed by atoms with E-state index in [1.54, 1.807) is 14.1 Å². The van der Waals surface area contributed by atoms with E-state index in [1.807, 2.05) is 0 Å². The van der Waals surface area contributed by atoms with E-state index in [0.717, 1.165) is 12.8 Å². The van der Waals surface area contributed by atoms with Crippen LogP contribution in [0.4, 0.5) is 10.7 Å². The Morgan fingerprint density at radius 1 is 1.64 bits per heavy atom. The first-order chi connectivity index (χ1) is 6.68. The highest BCUT2D eigenvalue weighted by Crippen LogP contribution is 2.19. The standard InChI is InChI=1S/C7H12N6O/c1-12(6-9-10-11-13(6)2)7(14)8-5-3-4-5/h5H,3-4H2,1-2H3,(H,8,14). The Labute approximate surface area is 81.1 Å². The van der Waals surface area contributed by atoms with Gasteiger partial charge in [0.25, 0.3) is 5.95 Å². The normalized spacial score (nSPS) is 15.3. The van der Waals surface area contributed by atoms with Crippen LogP contribution >= 0.6 is 0 Å². The van der Waals surface area contributed by atoms with Gasteiger partial charge in [-0.3, -0.25) is 4.90 Å². The minimum atomic E-state index is -0.162. The highest BCUT2D eigenvalue weighted by atomic mass is 16.2. The van der Waals surface area contributed by atoms with Crippen molar-refractivity contribution in [2.45, 2.75) is 18.9 Å². The fraction of sp³-hybridized carbons (Fsp3) is 0.714. The molecule has 1 aromatic heterocycles. The lowest BCUT2D eigenvalue weighted by molar-refractivity contribution is 0.246. The molecule has 1 aliphatic carbocycles. The number of carbonyl (C=O) groups excluding carboxylic acids is 1. The zero-order valence-corrected chi connectivity index (χ0v) is 8.14. The molecule has 0 aliphatic heterocycles. The van der Waals surface area contributed by atoms with Gasteiger partial charge in [0, 0.05) is 20.1 Å². The van der Waals surface area contributed by atoms with Gasteiger partial charge in [-0.2, -0.15) is 0 Å². The number of aromatic nitrogens is 4. The van der Waals surface area contributed by atoms with E-state index in [9.17, 15) is 4.79 Å². The van der Waals surface area contributed by atoms with E-state index < -0.39 is 0 Å². The average Bonchev–Trinajstić information content (AvgIpc) is 2.86. The van der Waals surface area contributed by atoms with Crippen molar-refractivity contribution in [3.05, 3.63) is 0 Å². The maximum absolute atomic E-state index is 11.6. The third kappa shape index (κ3) is 1.66. The number of urea groups is 1. The first-order valence-corrected chi connectivity index (χ1v) is 4.45. The second-order valence-electron chi connectivity index (χ2n) is 3.39. The molecule has 1 saturated carbocycles. The predicted octanol–water partition coefficient (Wildman–Crippen LogP) is -0.482. The Bertz CT molecular complexity index is 344. The fourth-order valence-electron chi connectivity index (χ4n) is 1.10. The van der Waals surface area contributed by atoms with Crippen molar-refractivity contribution in [1.29, 1.82) is 0 Å². The summed E-state index contributed by atoms with van der Waals surface area (Å²) in [6.07, 6.45) is 2.13. The lowest BCUT2D eigenvalue weighted by atomic mass is 10.6. The number of nitrogens with one attached hydrogen (secondary N) is 1. The van der Waals surface area contributed by atoms with Gasteiger partial charge in [0.15, 0.2) is 0 Å². The lowest BCUT2D eigenvalue weighted by Gasteiger charge is -2.14. The molecule has 2 rings (SSSR count). The van der Waals surface area contributed by atoms with Gasteiger partial charge in [0.05, 0.1) is 0 Å². The topological polar surface area (TPSA) is 75.9 Å². The van der Waals surface area contributed by atoms with E-state index in [-0.39, 0.29) is 6.03 Å². The van der Waals surface area contributed by atoms with Crippen LogP contribution in [0.5, 0.6) is 0 Å². The van der Waals surface area contributed by atoms with E-state index in [2.05, 4.69) is 20.8 Å². The van der Waals surface area contributed by atoms with Crippen molar-refractivity contribution in [3.8, 4) is 0 Å². The van der Waals surface area contributed by atoms with Crippen LogP contribution in [0.3, 0.4) is 0 Å². The lowest BCUT2D eigenvalue weighted by Crippen LogP contribution is -2.39. The molecular weight excluding hydrogens is 184 g/mol. The number of nitrogens with zero attached hydrogens (tertiary/aromatic N) is 5. The first-order valence-electron chi connectivity index (χ1n) is 4.45. The molecule has 1 aliphatic rings. The first kappa shape index (κ1) is 8.92. The number of hydrogen-bond acceptors (Lipinski definition) is 4. The quantitative estimate of drug-likeness (QED) is 0.693. The highest BCUT2D eigenvalue weighted by Gasteiger charge is 2.26. The Morgan fingerprint density at radius 2 is 2.36 bits per heavy atom. The van der Waals surface area contributed by atoms with Gasteiger partial charge >= 0.3 is 6.03 Å². The summed E-state index contributed by atoms with van der Waals surface area (Å²) in [6.45, 7) is 0. The SMILES string of the molecule is CN(C(=O)NC1CC1)c1nnnn1C. The molecule has 1 aromatic rings. The van der Waals surface area contributed by atoms with Gasteiger partial charge in [-0.25, -0.2) is 9.48 Å². The Kier molecular flexibility index (Phi) is 2.06. The second-order valence-corrected chi connectivity index (χ2v) is 3.39. The number of anilines is 1. The largest absolute Gasteiger partial charge is 0.335 e. The molecule has 14 heavy (non-hydrogen) atoms. The van der Waals surface area contributed by atoms with Crippen LogP contribution in [0.2, 0.25) is 0 Å². The van der Waals surface area contributed by atoms with Crippen LogP contribution in [0.1, 0.15) is 12.8 Å². The van der Waals surface area contributed by atoms with Crippen LogP contribution in [-0.4, -0.2) is 39.3 Å². The van der Waals surface area contributed by atoms with Crippen LogP contribution in [0, 0.1) is 0 Å². The molecule has 1 N–H and O–H groups in total. The van der Waals surface area contributed by atoms with Gasteiger partial charge in [-0.05, 0) is 23.3 Å². The summed E-state index contributed by atoms with van der Waals surface area (Å²) in [4.78, 5) is 13.0. The van der Waals surface area contributed by atoms with Crippen molar-refractivity contribution in [3.63, 3.8) is 0 Å². The smallest absolute Gasteiger partial charge is 0.324 e. The molecule has 0 bridgehead atoms. The zero-order valence-electron chi connectivity index (χ0n) is 8.14. The third-order valence-electron chi connectivity index (χ3n) is 2.11. The number of carbonyl (C=O) groups is 1. The van der Waals surface area contributed by atoms with Crippen molar-refractivity contribution >= 4 is 12.0 Å². The number of aryl methyl sites for hydroxylation is 1. The molecule has 0 saturated heterocycles. The number of amides is 2. The summed E-state index contributed by atoms with van der Waals surface area (Å²) in [6, 6.07) is 0.177. The Morgan fingerprint density at radius 3 is 2.86 bits per heavy atom. The van der Waals surface area contributed by atoms with Crippen molar-refractivity contribution in [1.82, 2.24) is 25.5 Å².